The highest BCUT2D eigenvalue weighted by Gasteiger charge is 2.08. The van der Waals surface area contributed by atoms with Crippen molar-refractivity contribution in [1.29, 1.82) is 0 Å². The predicted octanol–water partition coefficient (Wildman–Crippen LogP) is 3.61. The molecule has 0 fully saturated rings. The molecule has 0 unspecified atom stereocenters. The highest BCUT2D eigenvalue weighted by Crippen LogP contribution is 2.20. The van der Waals surface area contributed by atoms with E-state index < -0.39 is 0 Å². The maximum absolute atomic E-state index is 8.43. The van der Waals surface area contributed by atoms with Gasteiger partial charge in [0.15, 0.2) is 0 Å². The molecular weight excluding hydrogens is 200 g/mol. The summed E-state index contributed by atoms with van der Waals surface area (Å²) in [5.41, 5.74) is 0.783. The molecule has 0 aromatic carbocycles. The molecule has 0 radical (unpaired) electrons. The Balaban J connectivity index is 0. The van der Waals surface area contributed by atoms with Crippen molar-refractivity contribution >= 4 is 0 Å². The van der Waals surface area contributed by atoms with E-state index in [2.05, 4.69) is 41.5 Å². The van der Waals surface area contributed by atoms with Gasteiger partial charge in [0.1, 0.15) is 0 Å². The lowest BCUT2D eigenvalue weighted by atomic mass is 9.91. The Morgan fingerprint density at radius 3 is 0.938 bits per heavy atom. The zero-order valence-electron chi connectivity index (χ0n) is 12.1. The van der Waals surface area contributed by atoms with Crippen LogP contribution in [0.2, 0.25) is 0 Å². The SMILES string of the molecule is CC(C)(C)CCCO.CC(C)(C)CCCO. The molecular formula is C14H32O2. The zero-order valence-corrected chi connectivity index (χ0v) is 12.1. The van der Waals surface area contributed by atoms with Crippen molar-refractivity contribution in [3.05, 3.63) is 0 Å². The second-order valence-electron chi connectivity index (χ2n) is 6.78. The van der Waals surface area contributed by atoms with Crippen LogP contribution in [-0.2, 0) is 0 Å². The molecule has 2 nitrogen and oxygen atoms in total. The molecule has 0 atom stereocenters. The van der Waals surface area contributed by atoms with Crippen LogP contribution in [0.1, 0.15) is 67.2 Å². The predicted molar refractivity (Wildman–Crippen MR) is 71.5 cm³/mol. The fourth-order valence-corrected chi connectivity index (χ4v) is 1.22. The van der Waals surface area contributed by atoms with Gasteiger partial charge < -0.3 is 10.2 Å². The molecule has 0 saturated heterocycles. The van der Waals surface area contributed by atoms with Crippen LogP contribution in [0.25, 0.3) is 0 Å². The van der Waals surface area contributed by atoms with Gasteiger partial charge in [-0.1, -0.05) is 41.5 Å². The van der Waals surface area contributed by atoms with Crippen LogP contribution in [0.3, 0.4) is 0 Å². The van der Waals surface area contributed by atoms with Gasteiger partial charge in [0.2, 0.25) is 0 Å². The normalized spacial score (nSPS) is 12.0. The topological polar surface area (TPSA) is 40.5 Å². The summed E-state index contributed by atoms with van der Waals surface area (Å²) in [6.45, 7) is 13.8. The number of hydrogen-bond donors (Lipinski definition) is 2. The molecule has 0 aromatic rings. The van der Waals surface area contributed by atoms with E-state index in [1.807, 2.05) is 0 Å². The maximum Gasteiger partial charge on any atom is 0.0431 e. The van der Waals surface area contributed by atoms with Crippen molar-refractivity contribution in [3.63, 3.8) is 0 Å². The van der Waals surface area contributed by atoms with E-state index in [0.29, 0.717) is 24.0 Å². The minimum Gasteiger partial charge on any atom is -0.396 e. The molecule has 0 amide bonds. The third-order valence-corrected chi connectivity index (χ3v) is 2.17. The lowest BCUT2D eigenvalue weighted by Crippen LogP contribution is -2.05. The van der Waals surface area contributed by atoms with Crippen molar-refractivity contribution in [1.82, 2.24) is 0 Å². The van der Waals surface area contributed by atoms with Crippen LogP contribution in [0.4, 0.5) is 0 Å². The first-order valence-electron chi connectivity index (χ1n) is 6.34. The Labute approximate surface area is 102 Å². The monoisotopic (exact) mass is 232 g/mol. The number of hydrogen-bond acceptors (Lipinski definition) is 2. The summed E-state index contributed by atoms with van der Waals surface area (Å²) in [4.78, 5) is 0. The largest absolute Gasteiger partial charge is 0.396 e. The van der Waals surface area contributed by atoms with Crippen LogP contribution < -0.4 is 0 Å². The minimum absolute atomic E-state index is 0.331. The van der Waals surface area contributed by atoms with Gasteiger partial charge in [-0.2, -0.15) is 0 Å². The third kappa shape index (κ3) is 23.6. The summed E-state index contributed by atoms with van der Waals surface area (Å²) in [5, 5.41) is 16.9. The van der Waals surface area contributed by atoms with Crippen LogP contribution in [-0.4, -0.2) is 23.4 Å². The van der Waals surface area contributed by atoms with E-state index >= 15 is 0 Å². The van der Waals surface area contributed by atoms with E-state index in [-0.39, 0.29) is 0 Å². The smallest absolute Gasteiger partial charge is 0.0431 e. The molecule has 0 spiro atoms. The lowest BCUT2D eigenvalue weighted by molar-refractivity contribution is 0.251. The van der Waals surface area contributed by atoms with Gasteiger partial charge >= 0.3 is 0 Å². The van der Waals surface area contributed by atoms with Crippen LogP contribution >= 0.6 is 0 Å². The first-order valence-corrected chi connectivity index (χ1v) is 6.34. The molecule has 16 heavy (non-hydrogen) atoms. The summed E-state index contributed by atoms with van der Waals surface area (Å²) in [5.74, 6) is 0. The van der Waals surface area contributed by atoms with Crippen molar-refractivity contribution in [3.8, 4) is 0 Å². The molecule has 0 rings (SSSR count). The second-order valence-corrected chi connectivity index (χ2v) is 6.78. The van der Waals surface area contributed by atoms with E-state index in [0.717, 1.165) is 25.7 Å². The Kier molecular flexibility index (Phi) is 10.3. The molecule has 0 aromatic heterocycles. The van der Waals surface area contributed by atoms with Crippen molar-refractivity contribution < 1.29 is 10.2 Å². The van der Waals surface area contributed by atoms with E-state index in [1.54, 1.807) is 0 Å². The maximum atomic E-state index is 8.43. The highest BCUT2D eigenvalue weighted by molar-refractivity contribution is 4.60. The quantitative estimate of drug-likeness (QED) is 0.777. The average Bonchev–Trinajstić information content (AvgIpc) is 2.10. The lowest BCUT2D eigenvalue weighted by Gasteiger charge is -2.16. The van der Waals surface area contributed by atoms with Gasteiger partial charge in [-0.25, -0.2) is 0 Å². The Bertz CT molecular complexity index is 122. The molecule has 2 heteroatoms. The van der Waals surface area contributed by atoms with Crippen molar-refractivity contribution in [2.24, 2.45) is 10.8 Å². The van der Waals surface area contributed by atoms with Gasteiger partial charge in [-0.05, 0) is 36.5 Å². The number of rotatable bonds is 4. The molecule has 2 N–H and O–H groups in total. The molecule has 0 bridgehead atoms. The fraction of sp³-hybridized carbons (Fsp3) is 1.00. The summed E-state index contributed by atoms with van der Waals surface area (Å²) in [6.07, 6.45) is 4.10. The molecule has 0 saturated carbocycles. The van der Waals surface area contributed by atoms with Crippen molar-refractivity contribution in [2.45, 2.75) is 67.2 Å². The van der Waals surface area contributed by atoms with Gasteiger partial charge in [0.05, 0.1) is 0 Å². The third-order valence-electron chi connectivity index (χ3n) is 2.17. The highest BCUT2D eigenvalue weighted by atomic mass is 16.3. The molecule has 0 heterocycles. The summed E-state index contributed by atoms with van der Waals surface area (Å²) in [6, 6.07) is 0. The minimum atomic E-state index is 0.331. The zero-order chi connectivity index (χ0) is 13.2. The Morgan fingerprint density at radius 2 is 0.875 bits per heavy atom. The van der Waals surface area contributed by atoms with Gasteiger partial charge in [0, 0.05) is 13.2 Å². The fourth-order valence-electron chi connectivity index (χ4n) is 1.22. The summed E-state index contributed by atoms with van der Waals surface area (Å²) in [7, 11) is 0. The Hall–Kier alpha value is -0.0800. The average molecular weight is 232 g/mol. The second kappa shape index (κ2) is 9.00. The summed E-state index contributed by atoms with van der Waals surface area (Å²) < 4.78 is 0. The Morgan fingerprint density at radius 1 is 0.625 bits per heavy atom. The molecule has 0 aliphatic carbocycles. The van der Waals surface area contributed by atoms with Gasteiger partial charge in [-0.15, -0.1) is 0 Å². The first-order chi connectivity index (χ1) is 7.12. The standard InChI is InChI=1S/2C7H16O/c2*1-7(2,3)5-4-6-8/h2*8H,4-6H2,1-3H3. The van der Waals surface area contributed by atoms with Crippen LogP contribution in [0.5, 0.6) is 0 Å². The number of aliphatic hydroxyl groups is 2. The van der Waals surface area contributed by atoms with E-state index in [1.165, 1.54) is 0 Å². The van der Waals surface area contributed by atoms with Crippen LogP contribution in [0.15, 0.2) is 0 Å². The summed E-state index contributed by atoms with van der Waals surface area (Å²) >= 11 is 0. The van der Waals surface area contributed by atoms with E-state index in [9.17, 15) is 0 Å². The first kappa shape index (κ1) is 18.3. The van der Waals surface area contributed by atoms with Gasteiger partial charge in [0.25, 0.3) is 0 Å². The van der Waals surface area contributed by atoms with Crippen LogP contribution in [0, 0.1) is 10.8 Å². The molecule has 0 aliphatic rings. The molecule has 100 valence electrons. The van der Waals surface area contributed by atoms with Crippen molar-refractivity contribution in [2.75, 3.05) is 13.2 Å². The number of aliphatic hydroxyl groups excluding tert-OH is 2. The van der Waals surface area contributed by atoms with Gasteiger partial charge in [-0.3, -0.25) is 0 Å². The molecule has 0 aliphatic heterocycles. The van der Waals surface area contributed by atoms with E-state index in [4.69, 9.17) is 10.2 Å².